The van der Waals surface area contributed by atoms with E-state index in [1.807, 2.05) is 0 Å². The summed E-state index contributed by atoms with van der Waals surface area (Å²) in [5, 5.41) is 3.75. The van der Waals surface area contributed by atoms with Crippen molar-refractivity contribution < 1.29 is 0 Å². The van der Waals surface area contributed by atoms with Crippen LogP contribution in [0.15, 0.2) is 0 Å². The number of nitrogens with one attached hydrogen (secondary N) is 1. The molecule has 82 valence electrons. The van der Waals surface area contributed by atoms with E-state index in [0.717, 1.165) is 12.1 Å². The maximum atomic E-state index is 3.75. The van der Waals surface area contributed by atoms with Crippen LogP contribution in [0.2, 0.25) is 0 Å². The molecule has 0 amide bonds. The van der Waals surface area contributed by atoms with Gasteiger partial charge in [0.1, 0.15) is 0 Å². The van der Waals surface area contributed by atoms with Crippen LogP contribution in [0.3, 0.4) is 0 Å². The number of nitrogens with zero attached hydrogens (tertiary/aromatic N) is 1. The van der Waals surface area contributed by atoms with Crippen molar-refractivity contribution in [3.8, 4) is 0 Å². The molecule has 2 fully saturated rings. The lowest BCUT2D eigenvalue weighted by Crippen LogP contribution is -2.40. The van der Waals surface area contributed by atoms with Gasteiger partial charge in [0, 0.05) is 18.6 Å². The first-order valence-electron chi connectivity index (χ1n) is 6.37. The molecule has 0 bridgehead atoms. The van der Waals surface area contributed by atoms with E-state index < -0.39 is 0 Å². The van der Waals surface area contributed by atoms with Crippen molar-refractivity contribution >= 4 is 0 Å². The minimum absolute atomic E-state index is 0.834. The number of likely N-dealkylation sites (tertiary alicyclic amines) is 1. The SMILES string of the molecule is CCN1CCCC1CNC1CCCC1. The highest BCUT2D eigenvalue weighted by Crippen LogP contribution is 2.20. The summed E-state index contributed by atoms with van der Waals surface area (Å²) < 4.78 is 0. The first kappa shape index (κ1) is 10.4. The fraction of sp³-hybridized carbons (Fsp3) is 1.00. The third-order valence-corrected chi connectivity index (χ3v) is 3.90. The molecule has 0 radical (unpaired) electrons. The van der Waals surface area contributed by atoms with Crippen LogP contribution in [0, 0.1) is 0 Å². The zero-order valence-corrected chi connectivity index (χ0v) is 9.47. The van der Waals surface area contributed by atoms with Crippen LogP contribution in [0.25, 0.3) is 0 Å². The normalized spacial score (nSPS) is 30.2. The summed E-state index contributed by atoms with van der Waals surface area (Å²) in [6.45, 7) is 6.08. The highest BCUT2D eigenvalue weighted by molar-refractivity contribution is 4.83. The van der Waals surface area contributed by atoms with E-state index in [1.165, 1.54) is 58.2 Å². The van der Waals surface area contributed by atoms with Crippen LogP contribution < -0.4 is 5.32 Å². The molecule has 1 atom stereocenters. The molecule has 1 aliphatic heterocycles. The summed E-state index contributed by atoms with van der Waals surface area (Å²) in [6, 6.07) is 1.68. The molecular formula is C12H24N2. The van der Waals surface area contributed by atoms with Gasteiger partial charge in [0.2, 0.25) is 0 Å². The van der Waals surface area contributed by atoms with Crippen molar-refractivity contribution in [2.24, 2.45) is 0 Å². The van der Waals surface area contributed by atoms with Crippen LogP contribution in [-0.2, 0) is 0 Å². The van der Waals surface area contributed by atoms with Crippen molar-refractivity contribution in [2.45, 2.75) is 57.5 Å². The number of hydrogen-bond donors (Lipinski definition) is 1. The van der Waals surface area contributed by atoms with Gasteiger partial charge in [-0.15, -0.1) is 0 Å². The highest BCUT2D eigenvalue weighted by Gasteiger charge is 2.24. The molecule has 2 rings (SSSR count). The van der Waals surface area contributed by atoms with Crippen molar-refractivity contribution in [3.63, 3.8) is 0 Å². The van der Waals surface area contributed by atoms with Crippen LogP contribution >= 0.6 is 0 Å². The Hall–Kier alpha value is -0.0800. The molecule has 0 spiro atoms. The number of rotatable bonds is 4. The fourth-order valence-electron chi connectivity index (χ4n) is 2.98. The van der Waals surface area contributed by atoms with Gasteiger partial charge in [-0.3, -0.25) is 4.90 Å². The van der Waals surface area contributed by atoms with E-state index in [9.17, 15) is 0 Å². The van der Waals surface area contributed by atoms with Crippen LogP contribution in [-0.4, -0.2) is 36.6 Å². The van der Waals surface area contributed by atoms with Gasteiger partial charge in [-0.25, -0.2) is 0 Å². The van der Waals surface area contributed by atoms with Gasteiger partial charge in [0.25, 0.3) is 0 Å². The van der Waals surface area contributed by atoms with Crippen molar-refractivity contribution in [1.29, 1.82) is 0 Å². The van der Waals surface area contributed by atoms with Crippen LogP contribution in [0.1, 0.15) is 45.4 Å². The van der Waals surface area contributed by atoms with Gasteiger partial charge in [-0.1, -0.05) is 19.8 Å². The van der Waals surface area contributed by atoms with Gasteiger partial charge in [0.05, 0.1) is 0 Å². The summed E-state index contributed by atoms with van der Waals surface area (Å²) in [5.41, 5.74) is 0. The lowest BCUT2D eigenvalue weighted by atomic mass is 10.2. The van der Waals surface area contributed by atoms with Crippen molar-refractivity contribution in [1.82, 2.24) is 10.2 Å². The molecule has 1 aliphatic carbocycles. The van der Waals surface area contributed by atoms with E-state index in [0.29, 0.717) is 0 Å². The summed E-state index contributed by atoms with van der Waals surface area (Å²) in [6.07, 6.45) is 8.54. The zero-order valence-electron chi connectivity index (χ0n) is 9.47. The molecule has 1 saturated heterocycles. The molecule has 1 unspecified atom stereocenters. The monoisotopic (exact) mass is 196 g/mol. The largest absolute Gasteiger partial charge is 0.312 e. The Morgan fingerprint density at radius 3 is 2.64 bits per heavy atom. The minimum atomic E-state index is 0.834. The van der Waals surface area contributed by atoms with E-state index >= 15 is 0 Å². The predicted octanol–water partition coefficient (Wildman–Crippen LogP) is 2.00. The average molecular weight is 196 g/mol. The molecule has 2 heteroatoms. The Balaban J connectivity index is 1.68. The molecule has 0 aromatic rings. The summed E-state index contributed by atoms with van der Waals surface area (Å²) in [7, 11) is 0. The second-order valence-electron chi connectivity index (χ2n) is 4.81. The summed E-state index contributed by atoms with van der Waals surface area (Å²) in [4.78, 5) is 2.63. The van der Waals surface area contributed by atoms with E-state index in [2.05, 4.69) is 17.1 Å². The van der Waals surface area contributed by atoms with E-state index in [1.54, 1.807) is 0 Å². The molecule has 2 nitrogen and oxygen atoms in total. The first-order valence-corrected chi connectivity index (χ1v) is 6.37. The molecule has 0 aromatic carbocycles. The second-order valence-corrected chi connectivity index (χ2v) is 4.81. The zero-order chi connectivity index (χ0) is 9.80. The Labute approximate surface area is 88.1 Å². The molecule has 2 aliphatic rings. The van der Waals surface area contributed by atoms with E-state index in [-0.39, 0.29) is 0 Å². The first-order chi connectivity index (χ1) is 6.90. The van der Waals surface area contributed by atoms with Gasteiger partial charge < -0.3 is 5.32 Å². The maximum Gasteiger partial charge on any atom is 0.0221 e. The Bertz CT molecular complexity index is 164. The molecule has 14 heavy (non-hydrogen) atoms. The highest BCUT2D eigenvalue weighted by atomic mass is 15.2. The van der Waals surface area contributed by atoms with Crippen LogP contribution in [0.4, 0.5) is 0 Å². The predicted molar refractivity (Wildman–Crippen MR) is 60.5 cm³/mol. The molecule has 1 heterocycles. The van der Waals surface area contributed by atoms with Crippen LogP contribution in [0.5, 0.6) is 0 Å². The smallest absolute Gasteiger partial charge is 0.0221 e. The molecular weight excluding hydrogens is 172 g/mol. The third-order valence-electron chi connectivity index (χ3n) is 3.90. The quantitative estimate of drug-likeness (QED) is 0.740. The van der Waals surface area contributed by atoms with Gasteiger partial charge in [-0.05, 0) is 38.8 Å². The number of hydrogen-bond acceptors (Lipinski definition) is 2. The number of likely N-dealkylation sites (N-methyl/N-ethyl adjacent to an activating group) is 1. The molecule has 1 N–H and O–H groups in total. The maximum absolute atomic E-state index is 3.75. The Morgan fingerprint density at radius 2 is 1.93 bits per heavy atom. The lowest BCUT2D eigenvalue weighted by molar-refractivity contribution is 0.254. The van der Waals surface area contributed by atoms with Gasteiger partial charge >= 0.3 is 0 Å². The Morgan fingerprint density at radius 1 is 1.14 bits per heavy atom. The lowest BCUT2D eigenvalue weighted by Gasteiger charge is -2.24. The van der Waals surface area contributed by atoms with Crippen molar-refractivity contribution in [2.75, 3.05) is 19.6 Å². The fourth-order valence-corrected chi connectivity index (χ4v) is 2.98. The van der Waals surface area contributed by atoms with Crippen molar-refractivity contribution in [3.05, 3.63) is 0 Å². The van der Waals surface area contributed by atoms with Gasteiger partial charge in [-0.2, -0.15) is 0 Å². The third kappa shape index (κ3) is 2.48. The van der Waals surface area contributed by atoms with Gasteiger partial charge in [0.15, 0.2) is 0 Å². The summed E-state index contributed by atoms with van der Waals surface area (Å²) >= 11 is 0. The summed E-state index contributed by atoms with van der Waals surface area (Å²) in [5.74, 6) is 0. The minimum Gasteiger partial charge on any atom is -0.312 e. The topological polar surface area (TPSA) is 15.3 Å². The second kappa shape index (κ2) is 5.13. The molecule has 1 saturated carbocycles. The average Bonchev–Trinajstić information content (AvgIpc) is 2.85. The van der Waals surface area contributed by atoms with E-state index in [4.69, 9.17) is 0 Å². The Kier molecular flexibility index (Phi) is 3.82. The standard InChI is InChI=1S/C12H24N2/c1-2-14-9-5-8-12(14)10-13-11-6-3-4-7-11/h11-13H,2-10H2,1H3. The molecule has 0 aromatic heterocycles.